The van der Waals surface area contributed by atoms with Crippen molar-refractivity contribution in [2.75, 3.05) is 11.9 Å². The lowest BCUT2D eigenvalue weighted by molar-refractivity contribution is -0.145. The predicted molar refractivity (Wildman–Crippen MR) is 125 cm³/mol. The summed E-state index contributed by atoms with van der Waals surface area (Å²) in [6, 6.07) is 6.01. The molecule has 4 aliphatic rings. The standard InChI is InChI=1S/C28H36F2N2O/c1-17-9-12-28(30)19(13-17)3-5-21-22-6-7-24(27(22,2)11-10-23(21)28)26(33)16-32-25-8-4-20(29)14-18(25)15-31/h4,8,14,17,19,21-24,32H,3,5-7,9-13,16H2,1-2H3. The molecule has 4 saturated carbocycles. The van der Waals surface area contributed by atoms with Crippen LogP contribution in [0.2, 0.25) is 0 Å². The zero-order chi connectivity index (χ0) is 23.4. The molecule has 3 nitrogen and oxygen atoms in total. The van der Waals surface area contributed by atoms with Gasteiger partial charge in [-0.1, -0.05) is 13.8 Å². The molecule has 4 fully saturated rings. The van der Waals surface area contributed by atoms with E-state index in [-0.39, 0.29) is 41.1 Å². The van der Waals surface area contributed by atoms with Crippen LogP contribution in [0.5, 0.6) is 0 Å². The number of fused-ring (bicyclic) bond motifs is 5. The Balaban J connectivity index is 1.29. The maximum absolute atomic E-state index is 16.4. The second-order valence-corrected chi connectivity index (χ2v) is 11.8. The summed E-state index contributed by atoms with van der Waals surface area (Å²) in [5.41, 5.74) is -0.340. The third kappa shape index (κ3) is 3.69. The first kappa shape index (κ1) is 22.8. The smallest absolute Gasteiger partial charge is 0.155 e. The zero-order valence-electron chi connectivity index (χ0n) is 19.9. The molecule has 0 heterocycles. The van der Waals surface area contributed by atoms with E-state index in [0.29, 0.717) is 23.4 Å². The number of anilines is 1. The Morgan fingerprint density at radius 3 is 2.76 bits per heavy atom. The number of Topliss-reactive ketones (excluding diaryl/α,β-unsaturated/α-hetero) is 1. The van der Waals surface area contributed by atoms with Gasteiger partial charge in [-0.15, -0.1) is 0 Å². The van der Waals surface area contributed by atoms with Gasteiger partial charge in [0.15, 0.2) is 5.78 Å². The molecular formula is C28H36F2N2O. The molecule has 1 N–H and O–H groups in total. The Labute approximate surface area is 196 Å². The van der Waals surface area contributed by atoms with E-state index < -0.39 is 11.5 Å². The number of rotatable bonds is 4. The van der Waals surface area contributed by atoms with Gasteiger partial charge in [0.25, 0.3) is 0 Å². The topological polar surface area (TPSA) is 52.9 Å². The molecule has 0 amide bonds. The van der Waals surface area contributed by atoms with Crippen molar-refractivity contribution in [3.8, 4) is 6.07 Å². The van der Waals surface area contributed by atoms with Crippen LogP contribution in [0.15, 0.2) is 18.2 Å². The minimum atomic E-state index is -0.989. The molecular weight excluding hydrogens is 418 g/mol. The highest BCUT2D eigenvalue weighted by Crippen LogP contribution is 2.66. The first-order valence-electron chi connectivity index (χ1n) is 12.9. The Kier molecular flexibility index (Phi) is 5.78. The van der Waals surface area contributed by atoms with Gasteiger partial charge in [0.2, 0.25) is 0 Å². The quantitative estimate of drug-likeness (QED) is 0.552. The van der Waals surface area contributed by atoms with Crippen molar-refractivity contribution in [1.29, 1.82) is 5.26 Å². The summed E-state index contributed by atoms with van der Waals surface area (Å²) < 4.78 is 29.9. The maximum Gasteiger partial charge on any atom is 0.155 e. The molecule has 8 atom stereocenters. The number of nitrogens with zero attached hydrogens (tertiary/aromatic N) is 1. The van der Waals surface area contributed by atoms with Crippen LogP contribution in [0.3, 0.4) is 0 Å². The fraction of sp³-hybridized carbons (Fsp3) is 0.714. The number of nitrogens with one attached hydrogen (secondary N) is 1. The summed E-state index contributed by atoms with van der Waals surface area (Å²) >= 11 is 0. The van der Waals surface area contributed by atoms with Gasteiger partial charge in [-0.25, -0.2) is 8.78 Å². The number of benzene rings is 1. The maximum atomic E-state index is 16.4. The number of nitriles is 1. The number of hydrogen-bond donors (Lipinski definition) is 1. The Morgan fingerprint density at radius 1 is 1.15 bits per heavy atom. The van der Waals surface area contributed by atoms with Crippen LogP contribution in [0.4, 0.5) is 14.5 Å². The van der Waals surface area contributed by atoms with Gasteiger partial charge < -0.3 is 5.32 Å². The van der Waals surface area contributed by atoms with Crippen LogP contribution in [-0.4, -0.2) is 18.0 Å². The number of carbonyl (C=O) groups excluding carboxylic acids is 1. The normalized spacial score (nSPS) is 41.9. The van der Waals surface area contributed by atoms with Crippen LogP contribution >= 0.6 is 0 Å². The van der Waals surface area contributed by atoms with E-state index in [1.807, 2.05) is 6.07 Å². The van der Waals surface area contributed by atoms with Crippen LogP contribution in [0, 0.1) is 58.1 Å². The Bertz CT molecular complexity index is 973. The molecule has 1 aromatic carbocycles. The van der Waals surface area contributed by atoms with E-state index in [9.17, 15) is 14.4 Å². The average Bonchev–Trinajstić information content (AvgIpc) is 3.15. The SMILES string of the molecule is CC1CCC2(F)C(CCC3C4CCC(C(=O)CNc5ccc(F)cc5C#N)C4(C)CCC32)C1. The highest BCUT2D eigenvalue weighted by Gasteiger charge is 2.62. The molecule has 178 valence electrons. The van der Waals surface area contributed by atoms with Crippen molar-refractivity contribution < 1.29 is 13.6 Å². The molecule has 4 aliphatic carbocycles. The molecule has 0 spiro atoms. The van der Waals surface area contributed by atoms with Gasteiger partial charge in [0.1, 0.15) is 17.6 Å². The lowest BCUT2D eigenvalue weighted by atomic mass is 9.48. The van der Waals surface area contributed by atoms with Crippen LogP contribution in [-0.2, 0) is 4.79 Å². The molecule has 0 aliphatic heterocycles. The fourth-order valence-electron chi connectivity index (χ4n) is 8.59. The van der Waals surface area contributed by atoms with Crippen molar-refractivity contribution in [3.63, 3.8) is 0 Å². The van der Waals surface area contributed by atoms with Gasteiger partial charge in [-0.3, -0.25) is 4.79 Å². The number of ketones is 1. The van der Waals surface area contributed by atoms with Crippen LogP contribution < -0.4 is 5.32 Å². The van der Waals surface area contributed by atoms with Crippen molar-refractivity contribution >= 4 is 11.5 Å². The van der Waals surface area contributed by atoms with E-state index in [1.165, 1.54) is 18.2 Å². The van der Waals surface area contributed by atoms with Gasteiger partial charge in [-0.05, 0) is 111 Å². The van der Waals surface area contributed by atoms with Crippen molar-refractivity contribution in [2.45, 2.75) is 77.3 Å². The van der Waals surface area contributed by atoms with Crippen molar-refractivity contribution in [1.82, 2.24) is 0 Å². The van der Waals surface area contributed by atoms with Gasteiger partial charge in [0, 0.05) is 5.92 Å². The van der Waals surface area contributed by atoms with Crippen molar-refractivity contribution in [3.05, 3.63) is 29.6 Å². The summed E-state index contributed by atoms with van der Waals surface area (Å²) in [5, 5.41) is 12.4. The molecule has 5 rings (SSSR count). The summed E-state index contributed by atoms with van der Waals surface area (Å²) in [5.74, 6) is 1.58. The first-order valence-corrected chi connectivity index (χ1v) is 12.9. The van der Waals surface area contributed by atoms with E-state index in [1.54, 1.807) is 0 Å². The summed E-state index contributed by atoms with van der Waals surface area (Å²) in [6.07, 6.45) is 8.65. The zero-order valence-corrected chi connectivity index (χ0v) is 19.9. The molecule has 1 aromatic rings. The number of hydrogen-bond acceptors (Lipinski definition) is 3. The lowest BCUT2D eigenvalue weighted by Crippen LogP contribution is -2.56. The van der Waals surface area contributed by atoms with Crippen LogP contribution in [0.25, 0.3) is 0 Å². The first-order chi connectivity index (χ1) is 15.8. The van der Waals surface area contributed by atoms with Crippen molar-refractivity contribution in [2.24, 2.45) is 40.9 Å². The molecule has 8 unspecified atom stereocenters. The number of carbonyl (C=O) groups is 1. The molecule has 33 heavy (non-hydrogen) atoms. The average molecular weight is 455 g/mol. The monoisotopic (exact) mass is 454 g/mol. The molecule has 0 radical (unpaired) electrons. The third-order valence-electron chi connectivity index (χ3n) is 10.2. The Hall–Kier alpha value is -1.96. The highest BCUT2D eigenvalue weighted by molar-refractivity contribution is 5.86. The predicted octanol–water partition coefficient (Wildman–Crippen LogP) is 6.68. The molecule has 0 bridgehead atoms. The second kappa shape index (κ2) is 8.36. The van der Waals surface area contributed by atoms with E-state index in [4.69, 9.17) is 0 Å². The third-order valence-corrected chi connectivity index (χ3v) is 10.2. The summed E-state index contributed by atoms with van der Waals surface area (Å²) in [4.78, 5) is 13.3. The summed E-state index contributed by atoms with van der Waals surface area (Å²) in [7, 11) is 0. The number of alkyl halides is 1. The minimum absolute atomic E-state index is 0.0263. The largest absolute Gasteiger partial charge is 0.377 e. The van der Waals surface area contributed by atoms with E-state index >= 15 is 4.39 Å². The highest BCUT2D eigenvalue weighted by atomic mass is 19.1. The van der Waals surface area contributed by atoms with Crippen LogP contribution in [0.1, 0.15) is 77.2 Å². The molecule has 0 aromatic heterocycles. The Morgan fingerprint density at radius 2 is 1.97 bits per heavy atom. The summed E-state index contributed by atoms with van der Waals surface area (Å²) in [6.45, 7) is 4.70. The number of halogens is 2. The van der Waals surface area contributed by atoms with Gasteiger partial charge in [0.05, 0.1) is 17.8 Å². The molecule has 0 saturated heterocycles. The van der Waals surface area contributed by atoms with Gasteiger partial charge in [-0.2, -0.15) is 5.26 Å². The minimum Gasteiger partial charge on any atom is -0.377 e. The lowest BCUT2D eigenvalue weighted by Gasteiger charge is -2.58. The second-order valence-electron chi connectivity index (χ2n) is 11.8. The van der Waals surface area contributed by atoms with E-state index in [2.05, 4.69) is 19.2 Å². The fourth-order valence-corrected chi connectivity index (χ4v) is 8.59. The van der Waals surface area contributed by atoms with E-state index in [0.717, 1.165) is 57.8 Å². The molecule has 5 heteroatoms. The van der Waals surface area contributed by atoms with Gasteiger partial charge >= 0.3 is 0 Å².